The quantitative estimate of drug-likeness (QED) is 0.676. The second-order valence-corrected chi connectivity index (χ2v) is 8.88. The molecule has 1 fully saturated rings. The molecule has 1 aliphatic heterocycles. The van der Waals surface area contributed by atoms with Crippen LogP contribution in [0.15, 0.2) is 18.7 Å². The van der Waals surface area contributed by atoms with Crippen molar-refractivity contribution in [3.8, 4) is 0 Å². The number of thiophene rings is 1. The zero-order chi connectivity index (χ0) is 19.8. The van der Waals surface area contributed by atoms with Gasteiger partial charge in [-0.05, 0) is 38.2 Å². The van der Waals surface area contributed by atoms with Crippen LogP contribution in [0, 0.1) is 19.8 Å². The van der Waals surface area contributed by atoms with Gasteiger partial charge in [-0.1, -0.05) is 0 Å². The highest BCUT2D eigenvalue weighted by atomic mass is 32.1. The van der Waals surface area contributed by atoms with Crippen LogP contribution in [0.4, 0.5) is 5.82 Å². The van der Waals surface area contributed by atoms with Gasteiger partial charge in [0.25, 0.3) is 5.91 Å². The third-order valence-electron chi connectivity index (χ3n) is 5.69. The van der Waals surface area contributed by atoms with Crippen molar-refractivity contribution in [2.45, 2.75) is 26.7 Å². The van der Waals surface area contributed by atoms with Gasteiger partial charge in [0.2, 0.25) is 0 Å². The van der Waals surface area contributed by atoms with Crippen molar-refractivity contribution in [1.29, 1.82) is 0 Å². The average Bonchev–Trinajstić information content (AvgIpc) is 3.25. The second-order valence-electron chi connectivity index (χ2n) is 7.68. The third-order valence-corrected chi connectivity index (χ3v) is 6.81. The van der Waals surface area contributed by atoms with Gasteiger partial charge in [0.15, 0.2) is 0 Å². The molecule has 28 heavy (non-hydrogen) atoms. The number of hydrogen-bond donors (Lipinski definition) is 0. The Hall–Kier alpha value is -2.48. The van der Waals surface area contributed by atoms with Gasteiger partial charge in [-0.25, -0.2) is 9.97 Å². The molecule has 1 amide bonds. The fourth-order valence-electron chi connectivity index (χ4n) is 3.95. The topological polar surface area (TPSA) is 67.2 Å². The predicted molar refractivity (Wildman–Crippen MR) is 112 cm³/mol. The summed E-state index contributed by atoms with van der Waals surface area (Å²) in [6.45, 7) is 7.00. The molecule has 3 aromatic rings. The first kappa shape index (κ1) is 18.9. The summed E-state index contributed by atoms with van der Waals surface area (Å²) in [6.07, 6.45) is 7.19. The first-order valence-corrected chi connectivity index (χ1v) is 10.5. The molecule has 4 heterocycles. The number of piperidine rings is 1. The van der Waals surface area contributed by atoms with Gasteiger partial charge in [0.1, 0.15) is 17.0 Å². The Morgan fingerprint density at radius 1 is 1.29 bits per heavy atom. The summed E-state index contributed by atoms with van der Waals surface area (Å²) in [5.74, 6) is 1.60. The van der Waals surface area contributed by atoms with Crippen molar-refractivity contribution < 1.29 is 4.79 Å². The number of hydrogen-bond acceptors (Lipinski definition) is 6. The lowest BCUT2D eigenvalue weighted by Crippen LogP contribution is -2.39. The largest absolute Gasteiger partial charge is 0.356 e. The third kappa shape index (κ3) is 3.48. The number of nitrogens with zero attached hydrogens (tertiary/aromatic N) is 6. The molecule has 0 aromatic carbocycles. The fourth-order valence-corrected chi connectivity index (χ4v) is 4.94. The summed E-state index contributed by atoms with van der Waals surface area (Å²) in [5, 5.41) is 5.30. The molecule has 0 saturated carbocycles. The molecule has 4 rings (SSSR count). The minimum atomic E-state index is 0.0393. The predicted octanol–water partition coefficient (Wildman–Crippen LogP) is 3.03. The number of carbonyl (C=O) groups is 1. The first-order chi connectivity index (χ1) is 13.4. The van der Waals surface area contributed by atoms with E-state index in [2.05, 4.69) is 33.8 Å². The Morgan fingerprint density at radius 2 is 2.04 bits per heavy atom. The molecular weight excluding hydrogens is 372 g/mol. The van der Waals surface area contributed by atoms with Gasteiger partial charge in [0, 0.05) is 44.8 Å². The van der Waals surface area contributed by atoms with Crippen molar-refractivity contribution >= 4 is 33.3 Å². The highest BCUT2D eigenvalue weighted by Crippen LogP contribution is 2.35. The zero-order valence-electron chi connectivity index (χ0n) is 16.8. The van der Waals surface area contributed by atoms with Crippen LogP contribution in [0.1, 0.15) is 33.6 Å². The fraction of sp³-hybridized carbons (Fsp3) is 0.500. The van der Waals surface area contributed by atoms with E-state index < -0.39 is 0 Å². The molecule has 0 radical (unpaired) electrons. The highest BCUT2D eigenvalue weighted by Gasteiger charge is 2.25. The zero-order valence-corrected chi connectivity index (χ0v) is 17.7. The average molecular weight is 399 g/mol. The Balaban J connectivity index is 1.41. The monoisotopic (exact) mass is 398 g/mol. The van der Waals surface area contributed by atoms with E-state index in [9.17, 15) is 4.79 Å². The minimum absolute atomic E-state index is 0.0393. The van der Waals surface area contributed by atoms with Gasteiger partial charge >= 0.3 is 0 Å². The maximum absolute atomic E-state index is 12.6. The first-order valence-electron chi connectivity index (χ1n) is 9.63. The van der Waals surface area contributed by atoms with Crippen LogP contribution >= 0.6 is 11.3 Å². The molecule has 0 N–H and O–H groups in total. The van der Waals surface area contributed by atoms with Crippen LogP contribution in [-0.2, 0) is 7.05 Å². The molecule has 8 heteroatoms. The van der Waals surface area contributed by atoms with E-state index in [1.165, 1.54) is 15.8 Å². The Labute approximate surface area is 169 Å². The molecule has 1 saturated heterocycles. The van der Waals surface area contributed by atoms with Gasteiger partial charge in [-0.15, -0.1) is 11.3 Å². The van der Waals surface area contributed by atoms with E-state index in [0.717, 1.165) is 43.1 Å². The van der Waals surface area contributed by atoms with Crippen LogP contribution in [0.2, 0.25) is 0 Å². The lowest BCUT2D eigenvalue weighted by molar-refractivity contribution is 0.0765. The SMILES string of the molecule is Cc1sc2ncnc(N3CCC(CN(C)C(=O)c4cnn(C)c4)CC3)c2c1C. The molecule has 0 atom stereocenters. The summed E-state index contributed by atoms with van der Waals surface area (Å²) in [5.41, 5.74) is 1.94. The number of anilines is 1. The van der Waals surface area contributed by atoms with E-state index in [0.29, 0.717) is 11.5 Å². The number of aromatic nitrogens is 4. The maximum Gasteiger partial charge on any atom is 0.256 e. The van der Waals surface area contributed by atoms with Gasteiger partial charge in [-0.3, -0.25) is 9.48 Å². The number of carbonyl (C=O) groups excluding carboxylic acids is 1. The van der Waals surface area contributed by atoms with Gasteiger partial charge < -0.3 is 9.80 Å². The summed E-state index contributed by atoms with van der Waals surface area (Å²) in [6, 6.07) is 0. The number of rotatable bonds is 4. The smallest absolute Gasteiger partial charge is 0.256 e. The Morgan fingerprint density at radius 3 is 2.71 bits per heavy atom. The molecule has 0 aliphatic carbocycles. The highest BCUT2D eigenvalue weighted by molar-refractivity contribution is 7.18. The van der Waals surface area contributed by atoms with E-state index in [-0.39, 0.29) is 5.91 Å². The normalized spacial score (nSPS) is 15.4. The van der Waals surface area contributed by atoms with E-state index in [1.54, 1.807) is 34.7 Å². The van der Waals surface area contributed by atoms with Crippen LogP contribution in [0.25, 0.3) is 10.2 Å². The van der Waals surface area contributed by atoms with Gasteiger partial charge in [-0.2, -0.15) is 5.10 Å². The second kappa shape index (κ2) is 7.50. The number of aryl methyl sites for hydroxylation is 3. The standard InChI is InChI=1S/C20H26N6OS/c1-13-14(2)28-19-17(13)18(21-12-22-19)26-7-5-15(6-8-26)10-24(3)20(27)16-9-23-25(4)11-16/h9,11-12,15H,5-8,10H2,1-4H3. The van der Waals surface area contributed by atoms with Crippen LogP contribution in [-0.4, -0.2) is 57.2 Å². The Bertz CT molecular complexity index is 1000. The molecule has 7 nitrogen and oxygen atoms in total. The molecule has 0 spiro atoms. The van der Waals surface area contributed by atoms with Crippen molar-refractivity contribution in [3.63, 3.8) is 0 Å². The van der Waals surface area contributed by atoms with Gasteiger partial charge in [0.05, 0.1) is 17.1 Å². The number of fused-ring (bicyclic) bond motifs is 1. The summed E-state index contributed by atoms with van der Waals surface area (Å²) in [7, 11) is 3.71. The van der Waals surface area contributed by atoms with E-state index in [4.69, 9.17) is 0 Å². The van der Waals surface area contributed by atoms with E-state index in [1.807, 2.05) is 19.0 Å². The number of amides is 1. The molecule has 0 bridgehead atoms. The van der Waals surface area contributed by atoms with Crippen LogP contribution in [0.3, 0.4) is 0 Å². The molecular formula is C20H26N6OS. The maximum atomic E-state index is 12.6. The van der Waals surface area contributed by atoms with Crippen LogP contribution in [0.5, 0.6) is 0 Å². The lowest BCUT2D eigenvalue weighted by Gasteiger charge is -2.34. The van der Waals surface area contributed by atoms with E-state index >= 15 is 0 Å². The van der Waals surface area contributed by atoms with Crippen molar-refractivity contribution in [2.24, 2.45) is 13.0 Å². The molecule has 148 valence electrons. The minimum Gasteiger partial charge on any atom is -0.356 e. The molecule has 1 aliphatic rings. The molecule has 0 unspecified atom stereocenters. The lowest BCUT2D eigenvalue weighted by atomic mass is 9.96. The van der Waals surface area contributed by atoms with Crippen molar-refractivity contribution in [1.82, 2.24) is 24.6 Å². The van der Waals surface area contributed by atoms with Crippen molar-refractivity contribution in [2.75, 3.05) is 31.6 Å². The Kier molecular flexibility index (Phi) is 5.05. The molecule has 3 aromatic heterocycles. The summed E-state index contributed by atoms with van der Waals surface area (Å²) < 4.78 is 1.66. The van der Waals surface area contributed by atoms with Crippen LogP contribution < -0.4 is 4.90 Å². The van der Waals surface area contributed by atoms with Crippen molar-refractivity contribution in [3.05, 3.63) is 34.7 Å². The summed E-state index contributed by atoms with van der Waals surface area (Å²) in [4.78, 5) is 28.2. The summed E-state index contributed by atoms with van der Waals surface area (Å²) >= 11 is 1.74.